The van der Waals surface area contributed by atoms with Crippen molar-refractivity contribution in [1.82, 2.24) is 0 Å². The highest BCUT2D eigenvalue weighted by Crippen LogP contribution is 2.42. The van der Waals surface area contributed by atoms with Gasteiger partial charge < -0.3 is 10.2 Å². The fourth-order valence-corrected chi connectivity index (χ4v) is 4.90. The number of nitrogens with one attached hydrogen (secondary N) is 1. The Morgan fingerprint density at radius 3 is 2.50 bits per heavy atom. The molecule has 3 rings (SSSR count). The van der Waals surface area contributed by atoms with Crippen LogP contribution in [0.15, 0.2) is 52.3 Å². The highest BCUT2D eigenvalue weighted by Gasteiger charge is 2.34. The van der Waals surface area contributed by atoms with Gasteiger partial charge in [0.25, 0.3) is 0 Å². The molecule has 1 atom stereocenters. The van der Waals surface area contributed by atoms with Crippen molar-refractivity contribution in [2.45, 2.75) is 23.1 Å². The molecule has 1 N–H and O–H groups in total. The van der Waals surface area contributed by atoms with Crippen molar-refractivity contribution in [1.29, 1.82) is 0 Å². The third-order valence-corrected chi connectivity index (χ3v) is 6.17. The number of anilines is 3. The van der Waals surface area contributed by atoms with Crippen LogP contribution in [0.3, 0.4) is 0 Å². The van der Waals surface area contributed by atoms with E-state index in [1.54, 1.807) is 0 Å². The van der Waals surface area contributed by atoms with Gasteiger partial charge >= 0.3 is 0 Å². The molecule has 0 saturated carbocycles. The molecule has 0 fully saturated rings. The summed E-state index contributed by atoms with van der Waals surface area (Å²) in [6, 6.07) is 15.5. The lowest BCUT2D eigenvalue weighted by atomic mass is 10.2. The van der Waals surface area contributed by atoms with Crippen molar-refractivity contribution in [2.75, 3.05) is 30.1 Å². The Morgan fingerprint density at radius 1 is 1.00 bits per heavy atom. The van der Waals surface area contributed by atoms with Crippen molar-refractivity contribution >= 4 is 28.0 Å². The molecular weight excluding hydrogens is 264 g/mol. The molecule has 0 spiro atoms. The molecule has 0 aromatic heterocycles. The van der Waals surface area contributed by atoms with Crippen LogP contribution in [0.25, 0.3) is 0 Å². The SMILES string of the molecule is CCC[S+]1c2ccccc2Nc2cc(N(C)C)ccc21. The molecule has 0 radical (unpaired) electrons. The minimum absolute atomic E-state index is 0.203. The van der Waals surface area contributed by atoms with Gasteiger partial charge in [0.2, 0.25) is 0 Å². The molecule has 104 valence electrons. The molecule has 0 aliphatic carbocycles. The van der Waals surface area contributed by atoms with E-state index in [0.29, 0.717) is 0 Å². The summed E-state index contributed by atoms with van der Waals surface area (Å²) in [5, 5.41) is 3.60. The monoisotopic (exact) mass is 285 g/mol. The average Bonchev–Trinajstić information content (AvgIpc) is 2.46. The summed E-state index contributed by atoms with van der Waals surface area (Å²) >= 11 is 0. The van der Waals surface area contributed by atoms with E-state index in [0.717, 1.165) is 0 Å². The van der Waals surface area contributed by atoms with Crippen molar-refractivity contribution in [3.05, 3.63) is 42.5 Å². The average molecular weight is 285 g/mol. The molecule has 1 heterocycles. The predicted octanol–water partition coefficient (Wildman–Crippen LogP) is 4.26. The zero-order chi connectivity index (χ0) is 14.1. The first-order valence-electron chi connectivity index (χ1n) is 7.09. The Morgan fingerprint density at radius 2 is 1.75 bits per heavy atom. The lowest BCUT2D eigenvalue weighted by Gasteiger charge is -2.23. The van der Waals surface area contributed by atoms with Gasteiger partial charge in [-0.3, -0.25) is 0 Å². The second kappa shape index (κ2) is 5.41. The molecule has 2 aromatic carbocycles. The van der Waals surface area contributed by atoms with Gasteiger partial charge in [0.15, 0.2) is 9.79 Å². The minimum atomic E-state index is 0.203. The number of fused-ring (bicyclic) bond motifs is 2. The van der Waals surface area contributed by atoms with Gasteiger partial charge in [-0.2, -0.15) is 0 Å². The summed E-state index contributed by atoms with van der Waals surface area (Å²) < 4.78 is 0. The van der Waals surface area contributed by atoms with Gasteiger partial charge in [-0.15, -0.1) is 0 Å². The molecule has 2 aromatic rings. The zero-order valence-corrected chi connectivity index (χ0v) is 13.1. The van der Waals surface area contributed by atoms with Gasteiger partial charge in [-0.05, 0) is 36.8 Å². The zero-order valence-electron chi connectivity index (χ0n) is 12.3. The highest BCUT2D eigenvalue weighted by atomic mass is 32.2. The molecule has 2 nitrogen and oxygen atoms in total. The first-order valence-corrected chi connectivity index (χ1v) is 8.48. The highest BCUT2D eigenvalue weighted by molar-refractivity contribution is 7.97. The first kappa shape index (κ1) is 13.4. The number of rotatable bonds is 3. The van der Waals surface area contributed by atoms with Crippen LogP contribution in [0.2, 0.25) is 0 Å². The summed E-state index contributed by atoms with van der Waals surface area (Å²) in [6.07, 6.45) is 1.21. The molecule has 1 aliphatic rings. The number of para-hydroxylation sites is 1. The Kier molecular flexibility index (Phi) is 3.62. The minimum Gasteiger partial charge on any atom is -0.378 e. The second-order valence-corrected chi connectivity index (χ2v) is 7.36. The maximum Gasteiger partial charge on any atom is 0.184 e. The van der Waals surface area contributed by atoms with Gasteiger partial charge in [0, 0.05) is 19.8 Å². The summed E-state index contributed by atoms with van der Waals surface area (Å²) in [6.45, 7) is 2.27. The Hall–Kier alpha value is -1.61. The summed E-state index contributed by atoms with van der Waals surface area (Å²) in [5.41, 5.74) is 3.79. The number of nitrogens with zero attached hydrogens (tertiary/aromatic N) is 1. The van der Waals surface area contributed by atoms with E-state index >= 15 is 0 Å². The maximum absolute atomic E-state index is 3.60. The van der Waals surface area contributed by atoms with Crippen molar-refractivity contribution in [2.24, 2.45) is 0 Å². The van der Waals surface area contributed by atoms with E-state index in [1.165, 1.54) is 39.0 Å². The standard InChI is InChI=1S/C17H21N2S/c1-4-11-20-16-8-6-5-7-14(16)18-15-12-13(19(2)3)9-10-17(15)20/h5-10,12,18H,4,11H2,1-3H3/q+1. The van der Waals surface area contributed by atoms with Crippen molar-refractivity contribution in [3.8, 4) is 0 Å². The number of hydrogen-bond acceptors (Lipinski definition) is 2. The third-order valence-electron chi connectivity index (χ3n) is 3.58. The van der Waals surface area contributed by atoms with Crippen LogP contribution in [-0.4, -0.2) is 19.8 Å². The summed E-state index contributed by atoms with van der Waals surface area (Å²) in [5.74, 6) is 1.23. The van der Waals surface area contributed by atoms with Crippen LogP contribution in [0.5, 0.6) is 0 Å². The van der Waals surface area contributed by atoms with Crippen molar-refractivity contribution in [3.63, 3.8) is 0 Å². The topological polar surface area (TPSA) is 15.3 Å². The lowest BCUT2D eigenvalue weighted by Crippen LogP contribution is -2.18. The van der Waals surface area contributed by atoms with E-state index in [9.17, 15) is 0 Å². The van der Waals surface area contributed by atoms with Crippen molar-refractivity contribution < 1.29 is 0 Å². The normalized spacial score (nSPS) is 16.1. The van der Waals surface area contributed by atoms with E-state index in [2.05, 4.69) is 73.7 Å². The van der Waals surface area contributed by atoms with E-state index in [1.807, 2.05) is 0 Å². The Bertz CT molecular complexity index is 622. The van der Waals surface area contributed by atoms with Crippen LogP contribution in [0.1, 0.15) is 13.3 Å². The number of hydrogen-bond donors (Lipinski definition) is 1. The molecule has 3 heteroatoms. The lowest BCUT2D eigenvalue weighted by molar-refractivity contribution is 1.08. The van der Waals surface area contributed by atoms with E-state index < -0.39 is 0 Å². The van der Waals surface area contributed by atoms with E-state index in [4.69, 9.17) is 0 Å². The third kappa shape index (κ3) is 2.27. The van der Waals surface area contributed by atoms with Crippen LogP contribution in [0.4, 0.5) is 17.1 Å². The molecule has 1 aliphatic heterocycles. The molecule has 0 amide bonds. The smallest absolute Gasteiger partial charge is 0.184 e. The van der Waals surface area contributed by atoms with Crippen LogP contribution < -0.4 is 10.2 Å². The second-order valence-electron chi connectivity index (χ2n) is 5.29. The van der Waals surface area contributed by atoms with E-state index in [-0.39, 0.29) is 10.9 Å². The van der Waals surface area contributed by atoms with Gasteiger partial charge in [0.1, 0.15) is 5.75 Å². The van der Waals surface area contributed by atoms with Gasteiger partial charge in [-0.1, -0.05) is 19.1 Å². The molecule has 0 saturated heterocycles. The largest absolute Gasteiger partial charge is 0.378 e. The molecule has 0 bridgehead atoms. The summed E-state index contributed by atoms with van der Waals surface area (Å²) in [7, 11) is 4.38. The Labute approximate surface area is 124 Å². The summed E-state index contributed by atoms with van der Waals surface area (Å²) in [4.78, 5) is 5.07. The Balaban J connectivity index is 2.09. The fourth-order valence-electron chi connectivity index (χ4n) is 2.58. The molecular formula is C17H21N2S+. The van der Waals surface area contributed by atoms with Crippen LogP contribution >= 0.6 is 0 Å². The van der Waals surface area contributed by atoms with Crippen LogP contribution in [-0.2, 0) is 10.9 Å². The van der Waals surface area contributed by atoms with Gasteiger partial charge in [-0.25, -0.2) is 0 Å². The fraction of sp³-hybridized carbons (Fsp3) is 0.294. The molecule has 1 unspecified atom stereocenters. The maximum atomic E-state index is 3.60. The number of benzene rings is 2. The van der Waals surface area contributed by atoms with Crippen LogP contribution in [0, 0.1) is 0 Å². The quantitative estimate of drug-likeness (QED) is 0.848. The predicted molar refractivity (Wildman–Crippen MR) is 89.5 cm³/mol. The first-order chi connectivity index (χ1) is 9.70. The van der Waals surface area contributed by atoms with Gasteiger partial charge in [0.05, 0.1) is 22.3 Å². The molecule has 20 heavy (non-hydrogen) atoms.